The predicted octanol–water partition coefficient (Wildman–Crippen LogP) is 2.54. The summed E-state index contributed by atoms with van der Waals surface area (Å²) in [4.78, 5) is 14.9. The van der Waals surface area contributed by atoms with E-state index in [-0.39, 0.29) is 22.9 Å². The molecule has 0 saturated carbocycles. The van der Waals surface area contributed by atoms with Gasteiger partial charge >= 0.3 is 0 Å². The number of hydrogen-bond donors (Lipinski definition) is 2. The van der Waals surface area contributed by atoms with E-state index in [9.17, 15) is 13.2 Å². The lowest BCUT2D eigenvalue weighted by Crippen LogP contribution is -2.50. The van der Waals surface area contributed by atoms with Gasteiger partial charge in [-0.05, 0) is 74.9 Å². The third-order valence-electron chi connectivity index (χ3n) is 6.01. The van der Waals surface area contributed by atoms with Gasteiger partial charge in [0, 0.05) is 19.6 Å². The Kier molecular flexibility index (Phi) is 7.92. The van der Waals surface area contributed by atoms with Crippen molar-refractivity contribution in [2.45, 2.75) is 57.1 Å². The van der Waals surface area contributed by atoms with Crippen LogP contribution in [0.3, 0.4) is 0 Å². The van der Waals surface area contributed by atoms with Crippen LogP contribution in [-0.4, -0.2) is 51.0 Å². The van der Waals surface area contributed by atoms with Crippen LogP contribution in [0, 0.1) is 13.8 Å². The molecule has 0 aliphatic carbocycles. The van der Waals surface area contributed by atoms with Gasteiger partial charge in [-0.2, -0.15) is 0 Å². The Bertz CT molecular complexity index is 1030. The van der Waals surface area contributed by atoms with E-state index in [1.165, 1.54) is 17.7 Å². The number of ether oxygens (including phenoxy) is 1. The summed E-state index contributed by atoms with van der Waals surface area (Å²) in [7, 11) is -3.69. The smallest absolute Gasteiger partial charge is 0.238 e. The minimum atomic E-state index is -3.69. The molecule has 174 valence electrons. The second-order valence-corrected chi connectivity index (χ2v) is 10.1. The number of primary sulfonamides is 1. The van der Waals surface area contributed by atoms with E-state index in [0.29, 0.717) is 13.0 Å². The molecule has 0 radical (unpaired) electrons. The molecule has 1 amide bonds. The Morgan fingerprint density at radius 1 is 1.16 bits per heavy atom. The third-order valence-corrected chi connectivity index (χ3v) is 6.94. The van der Waals surface area contributed by atoms with Crippen molar-refractivity contribution in [1.29, 1.82) is 0 Å². The van der Waals surface area contributed by atoms with Crippen molar-refractivity contribution in [2.24, 2.45) is 5.14 Å². The molecule has 1 unspecified atom stereocenters. The Labute approximate surface area is 191 Å². The molecule has 1 aliphatic heterocycles. The lowest BCUT2D eigenvalue weighted by atomic mass is 10.0. The van der Waals surface area contributed by atoms with Crippen LogP contribution in [0.4, 0.5) is 0 Å². The number of carbonyl (C=O) groups excluding carboxylic acids is 1. The van der Waals surface area contributed by atoms with Gasteiger partial charge in [-0.3, -0.25) is 9.69 Å². The summed E-state index contributed by atoms with van der Waals surface area (Å²) in [5.41, 5.74) is 3.27. The van der Waals surface area contributed by atoms with Crippen molar-refractivity contribution in [1.82, 2.24) is 10.2 Å². The van der Waals surface area contributed by atoms with E-state index in [2.05, 4.69) is 42.3 Å². The molecule has 0 aromatic heterocycles. The van der Waals surface area contributed by atoms with Crippen molar-refractivity contribution < 1.29 is 17.9 Å². The molecule has 1 atom stereocenters. The Morgan fingerprint density at radius 2 is 1.81 bits per heavy atom. The molecule has 7 nitrogen and oxygen atoms in total. The van der Waals surface area contributed by atoms with Gasteiger partial charge in [0.15, 0.2) is 0 Å². The fraction of sp³-hybridized carbons (Fsp3) is 0.458. The van der Waals surface area contributed by atoms with Crippen LogP contribution in [-0.2, 0) is 21.2 Å². The highest BCUT2D eigenvalue weighted by atomic mass is 32.2. The molecule has 1 fully saturated rings. The fourth-order valence-electron chi connectivity index (χ4n) is 3.88. The summed E-state index contributed by atoms with van der Waals surface area (Å²) >= 11 is 0. The number of benzene rings is 2. The van der Waals surface area contributed by atoms with Gasteiger partial charge in [0.1, 0.15) is 11.9 Å². The number of sulfonamides is 1. The first-order chi connectivity index (χ1) is 15.1. The van der Waals surface area contributed by atoms with Crippen LogP contribution in [0.25, 0.3) is 0 Å². The van der Waals surface area contributed by atoms with Gasteiger partial charge in [-0.1, -0.05) is 24.3 Å². The van der Waals surface area contributed by atoms with Gasteiger partial charge in [-0.15, -0.1) is 0 Å². The van der Waals surface area contributed by atoms with E-state index in [1.807, 2.05) is 6.92 Å². The SMILES string of the molecule is Cc1ccc(C)c(OC2CCN(C(C)C(=O)NCCc3ccc(S(N)(=O)=O)cc3)CC2)c1. The molecule has 0 bridgehead atoms. The first-order valence-corrected chi connectivity index (χ1v) is 12.6. The number of rotatable bonds is 8. The molecular formula is C24H33N3O4S. The van der Waals surface area contributed by atoms with Gasteiger partial charge in [-0.25, -0.2) is 13.6 Å². The molecule has 1 heterocycles. The molecule has 3 N–H and O–H groups in total. The van der Waals surface area contributed by atoms with Crippen molar-refractivity contribution in [3.63, 3.8) is 0 Å². The average molecular weight is 460 g/mol. The Balaban J connectivity index is 1.42. The highest BCUT2D eigenvalue weighted by Crippen LogP contribution is 2.24. The highest BCUT2D eigenvalue weighted by molar-refractivity contribution is 7.89. The molecule has 2 aromatic carbocycles. The summed E-state index contributed by atoms with van der Waals surface area (Å²) in [5.74, 6) is 0.950. The van der Waals surface area contributed by atoms with Crippen LogP contribution in [0.1, 0.15) is 36.5 Å². The van der Waals surface area contributed by atoms with E-state index < -0.39 is 10.0 Å². The Hall–Kier alpha value is -2.42. The number of nitrogens with zero attached hydrogens (tertiary/aromatic N) is 1. The first kappa shape index (κ1) is 24.2. The lowest BCUT2D eigenvalue weighted by Gasteiger charge is -2.35. The minimum absolute atomic E-state index is 0.0000492. The van der Waals surface area contributed by atoms with E-state index >= 15 is 0 Å². The summed E-state index contributed by atoms with van der Waals surface area (Å²) < 4.78 is 28.9. The molecule has 1 aliphatic rings. The maximum atomic E-state index is 12.6. The number of hydrogen-bond acceptors (Lipinski definition) is 5. The summed E-state index contributed by atoms with van der Waals surface area (Å²) in [6.07, 6.45) is 2.57. The molecule has 3 rings (SSSR count). The average Bonchev–Trinajstić information content (AvgIpc) is 2.76. The minimum Gasteiger partial charge on any atom is -0.490 e. The summed E-state index contributed by atoms with van der Waals surface area (Å²) in [6, 6.07) is 12.5. The zero-order valence-corrected chi connectivity index (χ0v) is 19.8. The van der Waals surface area contributed by atoms with Gasteiger partial charge in [0.25, 0.3) is 0 Å². The van der Waals surface area contributed by atoms with Crippen molar-refractivity contribution >= 4 is 15.9 Å². The van der Waals surface area contributed by atoms with E-state index in [4.69, 9.17) is 9.88 Å². The van der Waals surface area contributed by atoms with Crippen LogP contribution >= 0.6 is 0 Å². The number of nitrogens with two attached hydrogens (primary N) is 1. The molecule has 0 spiro atoms. The number of likely N-dealkylation sites (tertiary alicyclic amines) is 1. The number of amides is 1. The largest absolute Gasteiger partial charge is 0.490 e. The maximum absolute atomic E-state index is 12.6. The number of aryl methyl sites for hydroxylation is 2. The van der Waals surface area contributed by atoms with E-state index in [0.717, 1.165) is 42.8 Å². The number of carbonyl (C=O) groups is 1. The number of nitrogens with one attached hydrogen (secondary N) is 1. The van der Waals surface area contributed by atoms with Crippen LogP contribution < -0.4 is 15.2 Å². The standard InChI is InChI=1S/C24H33N3O4S/c1-17-4-5-18(2)23(16-17)31-21-11-14-27(15-12-21)19(3)24(28)26-13-10-20-6-8-22(9-7-20)32(25,29)30/h4-9,16,19,21H,10-15H2,1-3H3,(H,26,28)(H2,25,29,30). The zero-order valence-electron chi connectivity index (χ0n) is 19.0. The zero-order chi connectivity index (χ0) is 23.3. The number of piperidine rings is 1. The lowest BCUT2D eigenvalue weighted by molar-refractivity contribution is -0.126. The second kappa shape index (κ2) is 10.5. The molecule has 32 heavy (non-hydrogen) atoms. The highest BCUT2D eigenvalue weighted by Gasteiger charge is 2.27. The van der Waals surface area contributed by atoms with Crippen LogP contribution in [0.15, 0.2) is 47.4 Å². The molecular weight excluding hydrogens is 426 g/mol. The summed E-state index contributed by atoms with van der Waals surface area (Å²) in [6.45, 7) is 8.18. The first-order valence-electron chi connectivity index (χ1n) is 11.0. The van der Waals surface area contributed by atoms with Crippen LogP contribution in [0.2, 0.25) is 0 Å². The predicted molar refractivity (Wildman–Crippen MR) is 125 cm³/mol. The van der Waals surface area contributed by atoms with Crippen molar-refractivity contribution in [2.75, 3.05) is 19.6 Å². The Morgan fingerprint density at radius 3 is 2.44 bits per heavy atom. The van der Waals surface area contributed by atoms with Gasteiger partial charge in [0.2, 0.25) is 15.9 Å². The van der Waals surface area contributed by atoms with E-state index in [1.54, 1.807) is 12.1 Å². The second-order valence-electron chi connectivity index (χ2n) is 8.53. The monoisotopic (exact) mass is 459 g/mol. The van der Waals surface area contributed by atoms with Gasteiger partial charge in [0.05, 0.1) is 10.9 Å². The fourth-order valence-corrected chi connectivity index (χ4v) is 4.40. The maximum Gasteiger partial charge on any atom is 0.238 e. The van der Waals surface area contributed by atoms with Crippen molar-refractivity contribution in [3.05, 3.63) is 59.2 Å². The quantitative estimate of drug-likeness (QED) is 0.632. The molecule has 1 saturated heterocycles. The topological polar surface area (TPSA) is 102 Å². The van der Waals surface area contributed by atoms with Gasteiger partial charge < -0.3 is 10.1 Å². The normalized spacial score (nSPS) is 16.5. The summed E-state index contributed by atoms with van der Waals surface area (Å²) in [5, 5.41) is 8.10. The van der Waals surface area contributed by atoms with Crippen molar-refractivity contribution in [3.8, 4) is 5.75 Å². The third kappa shape index (κ3) is 6.54. The molecule has 8 heteroatoms. The molecule has 2 aromatic rings. The van der Waals surface area contributed by atoms with Crippen LogP contribution in [0.5, 0.6) is 5.75 Å².